The fourth-order valence-corrected chi connectivity index (χ4v) is 1.78. The van der Waals surface area contributed by atoms with Crippen LogP contribution in [0, 0.1) is 5.92 Å². The highest BCUT2D eigenvalue weighted by Gasteiger charge is 2.14. The molecule has 0 saturated carbocycles. The Bertz CT molecular complexity index is 549. The van der Waals surface area contributed by atoms with E-state index in [1.54, 1.807) is 0 Å². The van der Waals surface area contributed by atoms with Gasteiger partial charge in [0.15, 0.2) is 0 Å². The van der Waals surface area contributed by atoms with Gasteiger partial charge in [0.1, 0.15) is 11.5 Å². The van der Waals surface area contributed by atoms with Gasteiger partial charge in [-0.15, -0.1) is 0 Å². The van der Waals surface area contributed by atoms with E-state index >= 15 is 0 Å². The van der Waals surface area contributed by atoms with Gasteiger partial charge in [0.25, 0.3) is 5.56 Å². The summed E-state index contributed by atoms with van der Waals surface area (Å²) < 4.78 is 6.09. The maximum Gasteiger partial charge on any atom is 0.330 e. The van der Waals surface area contributed by atoms with Crippen molar-refractivity contribution in [2.24, 2.45) is 5.92 Å². The lowest BCUT2D eigenvalue weighted by atomic mass is 10.2. The molecule has 5 N–H and O–H groups in total. The highest BCUT2D eigenvalue weighted by atomic mass is 16.5. The number of nitrogens with one attached hydrogen (secondary N) is 2. The number of anilines is 2. The first-order chi connectivity index (χ1) is 9.36. The smallest absolute Gasteiger partial charge is 0.330 e. The van der Waals surface area contributed by atoms with Gasteiger partial charge < -0.3 is 20.9 Å². The Balaban J connectivity index is 3.01. The van der Waals surface area contributed by atoms with Crippen molar-refractivity contribution >= 4 is 11.5 Å². The van der Waals surface area contributed by atoms with Crippen molar-refractivity contribution in [3.8, 4) is 0 Å². The molecule has 0 aliphatic rings. The maximum atomic E-state index is 11.7. The van der Waals surface area contributed by atoms with Crippen LogP contribution in [0.4, 0.5) is 11.5 Å². The number of rotatable bonds is 7. The number of aromatic amines is 1. The predicted molar refractivity (Wildman–Crippen MR) is 76.9 cm³/mol. The highest BCUT2D eigenvalue weighted by Crippen LogP contribution is 2.11. The summed E-state index contributed by atoms with van der Waals surface area (Å²) in [4.78, 5) is 25.7. The molecule has 0 aromatic carbocycles. The standard InChI is InChI=1S/C12H22N4O4/c1-7(2)5-16-10(13)9(11(18)15-12(16)19)14-4-8(17)6-20-3/h7-8,14,17H,4-6,13H2,1-3H3,(H,15,18,19). The molecular weight excluding hydrogens is 264 g/mol. The minimum Gasteiger partial charge on any atom is -0.389 e. The summed E-state index contributed by atoms with van der Waals surface area (Å²) in [6.45, 7) is 4.51. The number of methoxy groups -OCH3 is 1. The summed E-state index contributed by atoms with van der Waals surface area (Å²) in [6, 6.07) is 0. The number of nitrogens with zero attached hydrogens (tertiary/aromatic N) is 1. The second kappa shape index (κ2) is 7.11. The molecule has 0 fully saturated rings. The zero-order valence-electron chi connectivity index (χ0n) is 12.0. The van der Waals surface area contributed by atoms with E-state index in [9.17, 15) is 14.7 Å². The Kier molecular flexibility index (Phi) is 5.78. The van der Waals surface area contributed by atoms with Gasteiger partial charge in [-0.1, -0.05) is 13.8 Å². The molecule has 0 spiro atoms. The number of hydrogen-bond donors (Lipinski definition) is 4. The van der Waals surface area contributed by atoms with E-state index in [1.807, 2.05) is 13.8 Å². The Hall–Kier alpha value is -1.80. The molecule has 1 atom stereocenters. The Morgan fingerprint density at radius 2 is 2.10 bits per heavy atom. The first kappa shape index (κ1) is 16.3. The van der Waals surface area contributed by atoms with Crippen molar-refractivity contribution in [1.29, 1.82) is 0 Å². The molecule has 1 aromatic rings. The zero-order valence-corrected chi connectivity index (χ0v) is 12.0. The monoisotopic (exact) mass is 286 g/mol. The molecule has 1 aromatic heterocycles. The Labute approximate surface area is 116 Å². The van der Waals surface area contributed by atoms with Crippen LogP contribution in [-0.4, -0.2) is 41.0 Å². The first-order valence-corrected chi connectivity index (χ1v) is 6.40. The van der Waals surface area contributed by atoms with Crippen LogP contribution < -0.4 is 22.3 Å². The van der Waals surface area contributed by atoms with E-state index in [0.29, 0.717) is 6.54 Å². The van der Waals surface area contributed by atoms with E-state index in [-0.39, 0.29) is 30.6 Å². The molecule has 1 rings (SSSR count). The molecule has 0 saturated heterocycles. The van der Waals surface area contributed by atoms with Crippen LogP contribution in [0.5, 0.6) is 0 Å². The molecule has 1 heterocycles. The summed E-state index contributed by atoms with van der Waals surface area (Å²) in [5.41, 5.74) is 4.81. The topological polar surface area (TPSA) is 122 Å². The minimum absolute atomic E-state index is 0.0667. The van der Waals surface area contributed by atoms with Crippen molar-refractivity contribution in [3.05, 3.63) is 20.8 Å². The van der Waals surface area contributed by atoms with Gasteiger partial charge in [0.2, 0.25) is 0 Å². The molecule has 0 amide bonds. The summed E-state index contributed by atoms with van der Waals surface area (Å²) in [5, 5.41) is 12.3. The number of aromatic nitrogens is 2. The summed E-state index contributed by atoms with van der Waals surface area (Å²) in [6.07, 6.45) is -0.774. The van der Waals surface area contributed by atoms with Crippen molar-refractivity contribution < 1.29 is 9.84 Å². The van der Waals surface area contributed by atoms with Crippen LogP contribution in [0.15, 0.2) is 9.59 Å². The van der Waals surface area contributed by atoms with Gasteiger partial charge in [0.05, 0.1) is 12.7 Å². The lowest BCUT2D eigenvalue weighted by molar-refractivity contribution is 0.0727. The van der Waals surface area contributed by atoms with Crippen LogP contribution in [0.3, 0.4) is 0 Å². The fraction of sp³-hybridized carbons (Fsp3) is 0.667. The van der Waals surface area contributed by atoms with Gasteiger partial charge in [-0.2, -0.15) is 0 Å². The quantitative estimate of drug-likeness (QED) is 0.520. The Morgan fingerprint density at radius 3 is 2.65 bits per heavy atom. The summed E-state index contributed by atoms with van der Waals surface area (Å²) >= 11 is 0. The van der Waals surface area contributed by atoms with Gasteiger partial charge in [-0.05, 0) is 5.92 Å². The molecule has 20 heavy (non-hydrogen) atoms. The SMILES string of the molecule is COCC(O)CNc1c(N)n(CC(C)C)c(=O)[nH]c1=O. The van der Waals surface area contributed by atoms with Gasteiger partial charge >= 0.3 is 5.69 Å². The van der Waals surface area contributed by atoms with Crippen molar-refractivity contribution in [1.82, 2.24) is 9.55 Å². The van der Waals surface area contributed by atoms with Gasteiger partial charge in [0, 0.05) is 20.2 Å². The van der Waals surface area contributed by atoms with Crippen LogP contribution in [-0.2, 0) is 11.3 Å². The fourth-order valence-electron chi connectivity index (χ4n) is 1.78. The molecule has 8 heteroatoms. The lowest BCUT2D eigenvalue weighted by Gasteiger charge is -2.16. The molecule has 1 unspecified atom stereocenters. The third-order valence-electron chi connectivity index (χ3n) is 2.66. The van der Waals surface area contributed by atoms with Crippen LogP contribution in [0.2, 0.25) is 0 Å². The van der Waals surface area contributed by atoms with E-state index in [0.717, 1.165) is 0 Å². The average Bonchev–Trinajstić information content (AvgIpc) is 2.34. The number of nitrogens with two attached hydrogens (primary N) is 1. The Morgan fingerprint density at radius 1 is 1.45 bits per heavy atom. The maximum absolute atomic E-state index is 11.7. The first-order valence-electron chi connectivity index (χ1n) is 6.40. The lowest BCUT2D eigenvalue weighted by Crippen LogP contribution is -2.36. The number of hydrogen-bond acceptors (Lipinski definition) is 6. The zero-order chi connectivity index (χ0) is 15.3. The third-order valence-corrected chi connectivity index (χ3v) is 2.66. The van der Waals surface area contributed by atoms with Crippen LogP contribution in [0.1, 0.15) is 13.8 Å². The molecule has 114 valence electrons. The molecular formula is C12H22N4O4. The summed E-state index contributed by atoms with van der Waals surface area (Å²) in [7, 11) is 1.47. The van der Waals surface area contributed by atoms with E-state index in [4.69, 9.17) is 10.5 Å². The largest absolute Gasteiger partial charge is 0.389 e. The molecule has 0 aliphatic carbocycles. The minimum atomic E-state index is -0.774. The average molecular weight is 286 g/mol. The number of ether oxygens (including phenoxy) is 1. The normalized spacial score (nSPS) is 12.7. The second-order valence-corrected chi connectivity index (χ2v) is 5.01. The highest BCUT2D eigenvalue weighted by molar-refractivity contribution is 5.60. The number of aliphatic hydroxyl groups excluding tert-OH is 1. The van der Waals surface area contributed by atoms with Gasteiger partial charge in [-0.3, -0.25) is 14.3 Å². The number of H-pyrrole nitrogens is 1. The van der Waals surface area contributed by atoms with Crippen molar-refractivity contribution in [2.75, 3.05) is 31.3 Å². The molecule has 0 aliphatic heterocycles. The van der Waals surface area contributed by atoms with E-state index in [2.05, 4.69) is 10.3 Å². The van der Waals surface area contributed by atoms with Crippen LogP contribution in [0.25, 0.3) is 0 Å². The predicted octanol–water partition coefficient (Wildman–Crippen LogP) is -0.806. The summed E-state index contributed by atoms with van der Waals surface area (Å²) in [5.74, 6) is 0.268. The molecule has 8 nitrogen and oxygen atoms in total. The van der Waals surface area contributed by atoms with Crippen molar-refractivity contribution in [2.45, 2.75) is 26.5 Å². The molecule has 0 radical (unpaired) electrons. The van der Waals surface area contributed by atoms with Crippen LogP contribution >= 0.6 is 0 Å². The third kappa shape index (κ3) is 4.10. The van der Waals surface area contributed by atoms with Crippen molar-refractivity contribution in [3.63, 3.8) is 0 Å². The number of aliphatic hydroxyl groups is 1. The second-order valence-electron chi connectivity index (χ2n) is 5.01. The van der Waals surface area contributed by atoms with Gasteiger partial charge in [-0.25, -0.2) is 4.79 Å². The number of nitrogen functional groups attached to an aromatic ring is 1. The van der Waals surface area contributed by atoms with E-state index < -0.39 is 17.4 Å². The van der Waals surface area contributed by atoms with E-state index in [1.165, 1.54) is 11.7 Å². The molecule has 0 bridgehead atoms.